The van der Waals surface area contributed by atoms with E-state index in [1.807, 2.05) is 18.2 Å². The Morgan fingerprint density at radius 2 is 2.12 bits per heavy atom. The van der Waals surface area contributed by atoms with Crippen molar-refractivity contribution in [2.24, 2.45) is 5.41 Å². The topological polar surface area (TPSA) is 46.5 Å². The molecule has 0 bridgehead atoms. The molecule has 1 unspecified atom stereocenters. The Labute approximate surface area is 101 Å². The van der Waals surface area contributed by atoms with E-state index in [0.29, 0.717) is 26.1 Å². The average Bonchev–Trinajstić information content (AvgIpc) is 2.80. The zero-order valence-electron chi connectivity index (χ0n) is 9.89. The van der Waals surface area contributed by atoms with E-state index < -0.39 is 11.4 Å². The zero-order chi connectivity index (χ0) is 12.1. The van der Waals surface area contributed by atoms with Crippen molar-refractivity contribution in [3.8, 4) is 0 Å². The number of aliphatic carboxylic acids is 1. The second-order valence-corrected chi connectivity index (χ2v) is 4.73. The predicted molar refractivity (Wildman–Crippen MR) is 64.9 cm³/mol. The Bertz CT molecular complexity index is 366. The summed E-state index contributed by atoms with van der Waals surface area (Å²) in [7, 11) is 0. The maximum atomic E-state index is 11.3. The highest BCUT2D eigenvalue weighted by Crippen LogP contribution is 2.34. The monoisotopic (exact) mass is 234 g/mol. The maximum Gasteiger partial charge on any atom is 0.312 e. The van der Waals surface area contributed by atoms with Gasteiger partial charge in [0.2, 0.25) is 0 Å². The number of benzene rings is 1. The van der Waals surface area contributed by atoms with E-state index in [-0.39, 0.29) is 0 Å². The molecule has 2 rings (SSSR count). The Hall–Kier alpha value is -1.35. The molecule has 1 fully saturated rings. The maximum absolute atomic E-state index is 11.3. The van der Waals surface area contributed by atoms with E-state index in [1.54, 1.807) is 0 Å². The Balaban J connectivity index is 1.87. The minimum Gasteiger partial charge on any atom is -0.481 e. The first kappa shape index (κ1) is 12.1. The van der Waals surface area contributed by atoms with Crippen LogP contribution in [0.4, 0.5) is 0 Å². The summed E-state index contributed by atoms with van der Waals surface area (Å²) in [6.07, 6.45) is 3.20. The van der Waals surface area contributed by atoms with Crippen molar-refractivity contribution in [2.45, 2.75) is 25.7 Å². The van der Waals surface area contributed by atoms with Crippen LogP contribution >= 0.6 is 0 Å². The van der Waals surface area contributed by atoms with Crippen molar-refractivity contribution >= 4 is 5.97 Å². The Kier molecular flexibility index (Phi) is 3.79. The largest absolute Gasteiger partial charge is 0.481 e. The summed E-state index contributed by atoms with van der Waals surface area (Å²) in [5.74, 6) is -0.705. The van der Waals surface area contributed by atoms with Gasteiger partial charge in [0.25, 0.3) is 0 Å². The molecule has 3 heteroatoms. The fraction of sp³-hybridized carbons (Fsp3) is 0.500. The van der Waals surface area contributed by atoms with Crippen molar-refractivity contribution in [3.05, 3.63) is 35.9 Å². The molecule has 1 saturated heterocycles. The molecule has 0 saturated carbocycles. The van der Waals surface area contributed by atoms with Crippen molar-refractivity contribution < 1.29 is 14.6 Å². The zero-order valence-corrected chi connectivity index (χ0v) is 9.89. The summed E-state index contributed by atoms with van der Waals surface area (Å²) in [5.41, 5.74) is 0.640. The molecule has 0 aliphatic carbocycles. The van der Waals surface area contributed by atoms with Crippen molar-refractivity contribution in [3.63, 3.8) is 0 Å². The molecule has 0 radical (unpaired) electrons. The van der Waals surface area contributed by atoms with E-state index in [0.717, 1.165) is 12.8 Å². The van der Waals surface area contributed by atoms with Crippen LogP contribution < -0.4 is 0 Å². The minimum absolute atomic E-state index is 0.372. The SMILES string of the molecule is O=C(O)C1(CCCc2ccccc2)CCOC1. The van der Waals surface area contributed by atoms with Gasteiger partial charge in [0.1, 0.15) is 0 Å². The number of carbonyl (C=O) groups is 1. The summed E-state index contributed by atoms with van der Waals surface area (Å²) < 4.78 is 5.24. The van der Waals surface area contributed by atoms with Gasteiger partial charge in [0, 0.05) is 6.61 Å². The molecule has 0 aromatic heterocycles. The first-order valence-corrected chi connectivity index (χ1v) is 6.08. The van der Waals surface area contributed by atoms with Crippen LogP contribution in [0, 0.1) is 5.41 Å². The molecule has 1 aromatic carbocycles. The highest BCUT2D eigenvalue weighted by atomic mass is 16.5. The molecule has 1 aliphatic heterocycles. The van der Waals surface area contributed by atoms with Crippen LogP contribution in [-0.4, -0.2) is 24.3 Å². The van der Waals surface area contributed by atoms with Crippen molar-refractivity contribution in [1.29, 1.82) is 0 Å². The molecule has 1 heterocycles. The molecule has 1 atom stereocenters. The van der Waals surface area contributed by atoms with Crippen molar-refractivity contribution in [1.82, 2.24) is 0 Å². The summed E-state index contributed by atoms with van der Waals surface area (Å²) in [6, 6.07) is 10.2. The first-order chi connectivity index (χ1) is 8.23. The third-order valence-electron chi connectivity index (χ3n) is 3.52. The fourth-order valence-corrected chi connectivity index (χ4v) is 2.36. The number of hydrogen-bond donors (Lipinski definition) is 1. The van der Waals surface area contributed by atoms with Crippen LogP contribution in [-0.2, 0) is 16.0 Å². The van der Waals surface area contributed by atoms with Gasteiger partial charge in [0.15, 0.2) is 0 Å². The number of carboxylic acid groups (broad SMARTS) is 1. The van der Waals surface area contributed by atoms with Gasteiger partial charge in [-0.1, -0.05) is 30.3 Å². The molecular weight excluding hydrogens is 216 g/mol. The summed E-state index contributed by atoms with van der Waals surface area (Å²) in [6.45, 7) is 0.953. The fourth-order valence-electron chi connectivity index (χ4n) is 2.36. The van der Waals surface area contributed by atoms with Crippen LogP contribution in [0.1, 0.15) is 24.8 Å². The molecule has 1 N–H and O–H groups in total. The van der Waals surface area contributed by atoms with Crippen LogP contribution in [0.2, 0.25) is 0 Å². The number of aryl methyl sites for hydroxylation is 1. The number of rotatable bonds is 5. The van der Waals surface area contributed by atoms with Gasteiger partial charge in [-0.05, 0) is 31.2 Å². The lowest BCUT2D eigenvalue weighted by molar-refractivity contribution is -0.149. The van der Waals surface area contributed by atoms with Crippen LogP contribution in [0.25, 0.3) is 0 Å². The Morgan fingerprint density at radius 3 is 2.71 bits per heavy atom. The summed E-state index contributed by atoms with van der Waals surface area (Å²) >= 11 is 0. The smallest absolute Gasteiger partial charge is 0.312 e. The van der Waals surface area contributed by atoms with E-state index in [9.17, 15) is 9.90 Å². The lowest BCUT2D eigenvalue weighted by Crippen LogP contribution is -2.31. The molecular formula is C14H18O3. The quantitative estimate of drug-likeness (QED) is 0.851. The molecule has 3 nitrogen and oxygen atoms in total. The third-order valence-corrected chi connectivity index (χ3v) is 3.52. The molecule has 0 spiro atoms. The van der Waals surface area contributed by atoms with E-state index in [4.69, 9.17) is 4.74 Å². The standard InChI is InChI=1S/C14H18O3/c15-13(16)14(9-10-17-11-14)8-4-7-12-5-2-1-3-6-12/h1-3,5-6H,4,7-11H2,(H,15,16). The van der Waals surface area contributed by atoms with Crippen LogP contribution in [0.15, 0.2) is 30.3 Å². The number of ether oxygens (including phenoxy) is 1. The third kappa shape index (κ3) is 2.86. The Morgan fingerprint density at radius 1 is 1.35 bits per heavy atom. The van der Waals surface area contributed by atoms with Crippen LogP contribution in [0.5, 0.6) is 0 Å². The average molecular weight is 234 g/mol. The van der Waals surface area contributed by atoms with Gasteiger partial charge in [0.05, 0.1) is 12.0 Å². The van der Waals surface area contributed by atoms with Gasteiger partial charge >= 0.3 is 5.97 Å². The highest BCUT2D eigenvalue weighted by molar-refractivity contribution is 5.75. The summed E-state index contributed by atoms with van der Waals surface area (Å²) in [5, 5.41) is 9.28. The van der Waals surface area contributed by atoms with Gasteiger partial charge in [-0.3, -0.25) is 4.79 Å². The number of hydrogen-bond acceptors (Lipinski definition) is 2. The summed E-state index contributed by atoms with van der Waals surface area (Å²) in [4.78, 5) is 11.3. The molecule has 17 heavy (non-hydrogen) atoms. The first-order valence-electron chi connectivity index (χ1n) is 6.08. The minimum atomic E-state index is -0.705. The normalized spacial score (nSPS) is 23.8. The van der Waals surface area contributed by atoms with Gasteiger partial charge in [-0.25, -0.2) is 0 Å². The predicted octanol–water partition coefficient (Wildman–Crippen LogP) is 2.50. The lowest BCUT2D eigenvalue weighted by Gasteiger charge is -2.21. The van der Waals surface area contributed by atoms with Gasteiger partial charge in [-0.15, -0.1) is 0 Å². The molecule has 92 valence electrons. The lowest BCUT2D eigenvalue weighted by atomic mass is 9.82. The van der Waals surface area contributed by atoms with Crippen molar-refractivity contribution in [2.75, 3.05) is 13.2 Å². The molecule has 1 aliphatic rings. The second kappa shape index (κ2) is 5.32. The molecule has 0 amide bonds. The van der Waals surface area contributed by atoms with E-state index >= 15 is 0 Å². The molecule has 1 aromatic rings. The number of carboxylic acids is 1. The van der Waals surface area contributed by atoms with Crippen LogP contribution in [0.3, 0.4) is 0 Å². The van der Waals surface area contributed by atoms with E-state index in [2.05, 4.69) is 12.1 Å². The van der Waals surface area contributed by atoms with Gasteiger partial charge < -0.3 is 9.84 Å². The highest BCUT2D eigenvalue weighted by Gasteiger charge is 2.41. The van der Waals surface area contributed by atoms with E-state index in [1.165, 1.54) is 5.56 Å². The second-order valence-electron chi connectivity index (χ2n) is 4.73. The van der Waals surface area contributed by atoms with Gasteiger partial charge in [-0.2, -0.15) is 0 Å².